The minimum Gasteiger partial charge on any atom is -0.468 e. The first kappa shape index (κ1) is 22.3. The van der Waals surface area contributed by atoms with Crippen LogP contribution in [0.5, 0.6) is 0 Å². The number of hydrogen-bond acceptors (Lipinski definition) is 4. The molecule has 0 spiro atoms. The lowest BCUT2D eigenvalue weighted by atomic mass is 9.64. The molecule has 2 N–H and O–H groups in total. The number of hydrogen-bond donors (Lipinski definition) is 2. The average Bonchev–Trinajstić information content (AvgIpc) is 3.11. The van der Waals surface area contributed by atoms with Gasteiger partial charge in [0, 0.05) is 12.4 Å². The van der Waals surface area contributed by atoms with Crippen molar-refractivity contribution in [2.24, 2.45) is 7.05 Å². The second-order valence-electron chi connectivity index (χ2n) is 8.14. The number of nitrogens with zero attached hydrogens (tertiary/aromatic N) is 1. The molecule has 8 heteroatoms. The lowest BCUT2D eigenvalue weighted by molar-refractivity contribution is -0.151. The maximum atomic E-state index is 13.8. The predicted molar refractivity (Wildman–Crippen MR) is 119 cm³/mol. The Balaban J connectivity index is 1.57. The summed E-state index contributed by atoms with van der Waals surface area (Å²) in [6, 6.07) is 11.0. The molecule has 0 unspecified atom stereocenters. The summed E-state index contributed by atoms with van der Waals surface area (Å²) in [7, 11) is 3.09. The van der Waals surface area contributed by atoms with Crippen molar-refractivity contribution < 1.29 is 23.8 Å². The van der Waals surface area contributed by atoms with Crippen molar-refractivity contribution in [3.8, 4) is 0 Å². The smallest absolute Gasteiger partial charge is 0.316 e. The molecule has 168 valence electrons. The minimum absolute atomic E-state index is 0.0398. The van der Waals surface area contributed by atoms with Gasteiger partial charge in [0.2, 0.25) is 0 Å². The topological polar surface area (TPSA) is 80.6 Å². The lowest BCUT2D eigenvalue weighted by Gasteiger charge is -2.39. The zero-order chi connectivity index (χ0) is 23.0. The number of rotatable bonds is 6. The van der Waals surface area contributed by atoms with Crippen LogP contribution in [0.4, 0.5) is 4.39 Å². The number of aliphatic hydroxyl groups excluding tert-OH is 1. The third-order valence-electron chi connectivity index (χ3n) is 6.48. The van der Waals surface area contributed by atoms with Crippen LogP contribution in [-0.2, 0) is 22.0 Å². The number of esters is 1. The fraction of sp³-hybridized carbons (Fsp3) is 0.333. The van der Waals surface area contributed by atoms with Gasteiger partial charge in [0.1, 0.15) is 11.5 Å². The van der Waals surface area contributed by atoms with Crippen molar-refractivity contribution in [1.29, 1.82) is 0 Å². The van der Waals surface area contributed by atoms with Gasteiger partial charge in [0.05, 0.1) is 35.7 Å². The molecular weight excluding hydrogens is 435 g/mol. The molecule has 0 radical (unpaired) electrons. The van der Waals surface area contributed by atoms with Crippen molar-refractivity contribution in [2.75, 3.05) is 13.7 Å². The Morgan fingerprint density at radius 3 is 2.50 bits per heavy atom. The molecule has 0 bridgehead atoms. The van der Waals surface area contributed by atoms with Gasteiger partial charge in [-0.2, -0.15) is 0 Å². The van der Waals surface area contributed by atoms with Crippen LogP contribution >= 0.6 is 11.6 Å². The van der Waals surface area contributed by atoms with Crippen molar-refractivity contribution in [3.63, 3.8) is 0 Å². The maximum Gasteiger partial charge on any atom is 0.316 e. The van der Waals surface area contributed by atoms with E-state index in [0.717, 1.165) is 24.8 Å². The number of carbonyl (C=O) groups excluding carboxylic acids is 2. The Hall–Kier alpha value is -2.90. The van der Waals surface area contributed by atoms with E-state index in [9.17, 15) is 19.1 Å². The Bertz CT molecular complexity index is 1180. The SMILES string of the molecule is COC(=O)C1(c2ccc([C@@H](CO)NC(=O)c3cc4c(Cl)c(F)ccc4n3C)cc2)CCC1. The highest BCUT2D eigenvalue weighted by Crippen LogP contribution is 2.44. The summed E-state index contributed by atoms with van der Waals surface area (Å²) in [5, 5.41) is 13.1. The van der Waals surface area contributed by atoms with E-state index < -0.39 is 23.2 Å². The maximum absolute atomic E-state index is 13.8. The number of fused-ring (bicyclic) bond motifs is 1. The molecule has 0 saturated heterocycles. The Morgan fingerprint density at radius 1 is 1.25 bits per heavy atom. The number of aromatic nitrogens is 1. The average molecular weight is 459 g/mol. The summed E-state index contributed by atoms with van der Waals surface area (Å²) < 4.78 is 20.4. The molecule has 1 fully saturated rings. The summed E-state index contributed by atoms with van der Waals surface area (Å²) >= 11 is 6.05. The van der Waals surface area contributed by atoms with Crippen molar-refractivity contribution in [1.82, 2.24) is 9.88 Å². The largest absolute Gasteiger partial charge is 0.468 e. The van der Waals surface area contributed by atoms with Gasteiger partial charge in [-0.15, -0.1) is 0 Å². The molecule has 1 aliphatic rings. The predicted octanol–water partition coefficient (Wildman–Crippen LogP) is 4.03. The molecule has 1 heterocycles. The molecule has 2 aromatic carbocycles. The van der Waals surface area contributed by atoms with Crippen LogP contribution in [0.25, 0.3) is 10.9 Å². The minimum atomic E-state index is -0.655. The Kier molecular flexibility index (Phi) is 5.97. The highest BCUT2D eigenvalue weighted by atomic mass is 35.5. The second kappa shape index (κ2) is 8.56. The second-order valence-corrected chi connectivity index (χ2v) is 8.52. The Morgan fingerprint density at radius 2 is 1.94 bits per heavy atom. The number of methoxy groups -OCH3 is 1. The fourth-order valence-corrected chi connectivity index (χ4v) is 4.62. The zero-order valence-electron chi connectivity index (χ0n) is 17.8. The van der Waals surface area contributed by atoms with E-state index in [1.165, 1.54) is 19.2 Å². The Labute approximate surface area is 189 Å². The molecular formula is C24H24ClFN2O4. The summed E-state index contributed by atoms with van der Waals surface area (Å²) in [6.45, 7) is -0.313. The fourth-order valence-electron chi connectivity index (χ4n) is 4.40. The molecule has 4 rings (SSSR count). The highest BCUT2D eigenvalue weighted by Gasteiger charge is 2.46. The molecule has 0 aliphatic heterocycles. The number of ether oxygens (including phenoxy) is 1. The van der Waals surface area contributed by atoms with Crippen LogP contribution in [0.3, 0.4) is 0 Å². The first-order chi connectivity index (χ1) is 15.3. The lowest BCUT2D eigenvalue weighted by Crippen LogP contribution is -2.43. The number of benzene rings is 2. The van der Waals surface area contributed by atoms with Crippen LogP contribution in [0.1, 0.15) is 46.9 Å². The van der Waals surface area contributed by atoms with Gasteiger partial charge in [0.15, 0.2) is 0 Å². The van der Waals surface area contributed by atoms with E-state index in [-0.39, 0.29) is 17.6 Å². The molecule has 32 heavy (non-hydrogen) atoms. The van der Waals surface area contributed by atoms with Gasteiger partial charge in [-0.1, -0.05) is 42.3 Å². The van der Waals surface area contributed by atoms with Gasteiger partial charge < -0.3 is 19.7 Å². The van der Waals surface area contributed by atoms with Gasteiger partial charge in [-0.05, 0) is 42.2 Å². The van der Waals surface area contributed by atoms with E-state index in [1.54, 1.807) is 29.8 Å². The molecule has 3 aromatic rings. The van der Waals surface area contributed by atoms with E-state index in [0.29, 0.717) is 22.2 Å². The summed E-state index contributed by atoms with van der Waals surface area (Å²) in [6.07, 6.45) is 2.44. The van der Waals surface area contributed by atoms with Gasteiger partial charge in [-0.3, -0.25) is 9.59 Å². The molecule has 1 aromatic heterocycles. The molecule has 1 atom stereocenters. The van der Waals surface area contributed by atoms with Crippen LogP contribution in [-0.4, -0.2) is 35.3 Å². The summed E-state index contributed by atoms with van der Waals surface area (Å²) in [5.41, 5.74) is 1.88. The van der Waals surface area contributed by atoms with Gasteiger partial charge in [-0.25, -0.2) is 4.39 Å². The van der Waals surface area contributed by atoms with Crippen LogP contribution in [0, 0.1) is 5.82 Å². The monoisotopic (exact) mass is 458 g/mol. The standard InChI is InChI=1S/C24H24ClFN2O4/c1-28-19-9-8-17(26)21(25)16(19)12-20(28)22(30)27-18(13-29)14-4-6-15(7-5-14)24(10-3-11-24)23(31)32-2/h4-9,12,18,29H,3,10-11,13H2,1-2H3,(H,27,30)/t18-/m1/s1. The first-order valence-electron chi connectivity index (χ1n) is 10.4. The molecule has 1 aliphatic carbocycles. The molecule has 1 amide bonds. The number of aryl methyl sites for hydroxylation is 1. The summed E-state index contributed by atoms with van der Waals surface area (Å²) in [4.78, 5) is 25.2. The normalized spacial score (nSPS) is 15.8. The highest BCUT2D eigenvalue weighted by molar-refractivity contribution is 6.35. The van der Waals surface area contributed by atoms with E-state index >= 15 is 0 Å². The third-order valence-corrected chi connectivity index (χ3v) is 6.87. The van der Waals surface area contributed by atoms with E-state index in [2.05, 4.69) is 5.32 Å². The quantitative estimate of drug-likeness (QED) is 0.546. The van der Waals surface area contributed by atoms with E-state index in [4.69, 9.17) is 16.3 Å². The van der Waals surface area contributed by atoms with Crippen LogP contribution < -0.4 is 5.32 Å². The number of carbonyl (C=O) groups is 2. The number of aliphatic hydroxyl groups is 1. The number of amides is 1. The van der Waals surface area contributed by atoms with Crippen molar-refractivity contribution in [3.05, 3.63) is 70.1 Å². The van der Waals surface area contributed by atoms with Gasteiger partial charge in [0.25, 0.3) is 5.91 Å². The van der Waals surface area contributed by atoms with Gasteiger partial charge >= 0.3 is 5.97 Å². The number of halogens is 2. The van der Waals surface area contributed by atoms with E-state index in [1.807, 2.05) is 12.1 Å². The zero-order valence-corrected chi connectivity index (χ0v) is 18.6. The third kappa shape index (κ3) is 3.55. The molecule has 6 nitrogen and oxygen atoms in total. The molecule has 1 saturated carbocycles. The first-order valence-corrected chi connectivity index (χ1v) is 10.7. The van der Waals surface area contributed by atoms with Crippen molar-refractivity contribution in [2.45, 2.75) is 30.7 Å². The summed E-state index contributed by atoms with van der Waals surface area (Å²) in [5.74, 6) is -1.22. The van der Waals surface area contributed by atoms with Crippen molar-refractivity contribution >= 4 is 34.4 Å². The van der Waals surface area contributed by atoms with Crippen LogP contribution in [0.2, 0.25) is 5.02 Å². The number of nitrogens with one attached hydrogen (secondary N) is 1. The van der Waals surface area contributed by atoms with Crippen LogP contribution in [0.15, 0.2) is 42.5 Å².